The third-order valence-corrected chi connectivity index (χ3v) is 6.04. The fraction of sp³-hybridized carbons (Fsp3) is 0.0870. The minimum absolute atomic E-state index is 0.234. The second-order valence-electron chi connectivity index (χ2n) is 7.00. The zero-order valence-corrected chi connectivity index (χ0v) is 17.6. The number of hydrogen-bond donors (Lipinski definition) is 0. The highest BCUT2D eigenvalue weighted by Crippen LogP contribution is 2.30. The Morgan fingerprint density at radius 1 is 0.903 bits per heavy atom. The van der Waals surface area contributed by atoms with Gasteiger partial charge in [-0.25, -0.2) is 9.07 Å². The largest absolute Gasteiger partial charge is 0.308 e. The summed E-state index contributed by atoms with van der Waals surface area (Å²) in [5, 5.41) is 14.3. The predicted octanol–water partition coefficient (Wildman–Crippen LogP) is 4.89. The molecule has 3 aromatic heterocycles. The van der Waals surface area contributed by atoms with Crippen molar-refractivity contribution >= 4 is 11.8 Å². The van der Waals surface area contributed by atoms with Gasteiger partial charge < -0.3 is 9.13 Å². The summed E-state index contributed by atoms with van der Waals surface area (Å²) in [5.74, 6) is 2.07. The normalized spacial score (nSPS) is 11.2. The highest BCUT2D eigenvalue weighted by molar-refractivity contribution is 7.98. The van der Waals surface area contributed by atoms with Crippen molar-refractivity contribution in [3.8, 4) is 22.9 Å². The monoisotopic (exact) mass is 430 g/mol. The topological polar surface area (TPSA) is 53.5 Å². The number of aromatic nitrogens is 6. The standard InChI is InChI=1S/C23H19FN6S/c1-28-21(26-27-23(28)31-16-17-9-11-18(24)12-10-17)20-15-25-30(19-7-3-2-4-8-19)22(20)29-13-5-6-14-29/h2-15H,16H2,1H3. The highest BCUT2D eigenvalue weighted by atomic mass is 32.2. The van der Waals surface area contributed by atoms with Gasteiger partial charge in [-0.1, -0.05) is 42.1 Å². The maximum Gasteiger partial charge on any atom is 0.191 e. The first-order valence-electron chi connectivity index (χ1n) is 9.74. The van der Waals surface area contributed by atoms with Crippen molar-refractivity contribution in [2.75, 3.05) is 0 Å². The molecule has 0 unspecified atom stereocenters. The van der Waals surface area contributed by atoms with E-state index >= 15 is 0 Å². The number of hydrogen-bond acceptors (Lipinski definition) is 4. The highest BCUT2D eigenvalue weighted by Gasteiger charge is 2.21. The van der Waals surface area contributed by atoms with Crippen LogP contribution in [0, 0.1) is 5.82 Å². The molecule has 5 aromatic rings. The van der Waals surface area contributed by atoms with E-state index in [0.29, 0.717) is 5.75 Å². The third-order valence-electron chi connectivity index (χ3n) is 4.95. The lowest BCUT2D eigenvalue weighted by Crippen LogP contribution is -2.06. The molecule has 2 aromatic carbocycles. The summed E-state index contributed by atoms with van der Waals surface area (Å²) in [5.41, 5.74) is 2.87. The van der Waals surface area contributed by atoms with Crippen LogP contribution in [0.4, 0.5) is 4.39 Å². The Morgan fingerprint density at radius 2 is 1.65 bits per heavy atom. The maximum atomic E-state index is 13.1. The molecule has 0 spiro atoms. The molecule has 0 saturated carbocycles. The smallest absolute Gasteiger partial charge is 0.191 e. The summed E-state index contributed by atoms with van der Waals surface area (Å²) in [6, 6.07) is 20.5. The van der Waals surface area contributed by atoms with Gasteiger partial charge in [-0.2, -0.15) is 5.10 Å². The molecule has 0 saturated heterocycles. The van der Waals surface area contributed by atoms with Crippen LogP contribution in [-0.2, 0) is 12.8 Å². The van der Waals surface area contributed by atoms with Gasteiger partial charge in [0.05, 0.1) is 17.4 Å². The minimum atomic E-state index is -0.234. The molecule has 3 heterocycles. The van der Waals surface area contributed by atoms with Crippen LogP contribution in [0.5, 0.6) is 0 Å². The Labute approximate surface area is 183 Å². The van der Waals surface area contributed by atoms with E-state index in [1.54, 1.807) is 23.9 Å². The Balaban J connectivity index is 1.51. The molecule has 154 valence electrons. The lowest BCUT2D eigenvalue weighted by Gasteiger charge is -2.11. The van der Waals surface area contributed by atoms with E-state index in [1.165, 1.54) is 12.1 Å². The van der Waals surface area contributed by atoms with Crippen LogP contribution < -0.4 is 0 Å². The van der Waals surface area contributed by atoms with Gasteiger partial charge in [0.25, 0.3) is 0 Å². The molecule has 31 heavy (non-hydrogen) atoms. The van der Waals surface area contributed by atoms with E-state index in [0.717, 1.165) is 33.6 Å². The summed E-state index contributed by atoms with van der Waals surface area (Å²) >= 11 is 1.56. The zero-order chi connectivity index (χ0) is 21.2. The van der Waals surface area contributed by atoms with E-state index in [4.69, 9.17) is 0 Å². The van der Waals surface area contributed by atoms with Crippen LogP contribution in [0.15, 0.2) is 90.5 Å². The van der Waals surface area contributed by atoms with Crippen LogP contribution in [-0.4, -0.2) is 29.1 Å². The molecule has 8 heteroatoms. The number of nitrogens with zero attached hydrogens (tertiary/aromatic N) is 6. The van der Waals surface area contributed by atoms with Crippen LogP contribution in [0.3, 0.4) is 0 Å². The lowest BCUT2D eigenvalue weighted by atomic mass is 10.2. The predicted molar refractivity (Wildman–Crippen MR) is 119 cm³/mol. The second-order valence-corrected chi connectivity index (χ2v) is 7.94. The van der Waals surface area contributed by atoms with Gasteiger partial charge in [0.2, 0.25) is 0 Å². The lowest BCUT2D eigenvalue weighted by molar-refractivity contribution is 0.627. The van der Waals surface area contributed by atoms with Gasteiger partial charge in [-0.15, -0.1) is 10.2 Å². The first-order valence-corrected chi connectivity index (χ1v) is 10.7. The van der Waals surface area contributed by atoms with Crippen molar-refractivity contribution < 1.29 is 4.39 Å². The van der Waals surface area contributed by atoms with E-state index in [9.17, 15) is 4.39 Å². The van der Waals surface area contributed by atoms with Crippen LogP contribution >= 0.6 is 11.8 Å². The van der Waals surface area contributed by atoms with E-state index in [-0.39, 0.29) is 5.82 Å². The average molecular weight is 431 g/mol. The summed E-state index contributed by atoms with van der Waals surface area (Å²) < 4.78 is 19.0. The zero-order valence-electron chi connectivity index (χ0n) is 16.8. The van der Waals surface area contributed by atoms with Gasteiger partial charge in [0, 0.05) is 25.2 Å². The Kier molecular flexibility index (Phi) is 5.13. The van der Waals surface area contributed by atoms with Gasteiger partial charge >= 0.3 is 0 Å². The third kappa shape index (κ3) is 3.77. The van der Waals surface area contributed by atoms with Crippen LogP contribution in [0.2, 0.25) is 0 Å². The molecule has 0 N–H and O–H groups in total. The number of para-hydroxylation sites is 1. The molecule has 0 radical (unpaired) electrons. The minimum Gasteiger partial charge on any atom is -0.308 e. The first kappa shape index (κ1) is 19.3. The quantitative estimate of drug-likeness (QED) is 0.360. The average Bonchev–Trinajstić information content (AvgIpc) is 3.54. The van der Waals surface area contributed by atoms with Gasteiger partial charge in [-0.05, 0) is 42.0 Å². The molecule has 6 nitrogen and oxygen atoms in total. The molecule has 0 aliphatic carbocycles. The van der Waals surface area contributed by atoms with E-state index < -0.39 is 0 Å². The van der Waals surface area contributed by atoms with Crippen molar-refractivity contribution in [3.63, 3.8) is 0 Å². The van der Waals surface area contributed by atoms with Crippen molar-refractivity contribution in [1.82, 2.24) is 29.1 Å². The molecule has 0 aliphatic rings. The number of halogens is 1. The summed E-state index contributed by atoms with van der Waals surface area (Å²) in [6.45, 7) is 0. The Hall–Kier alpha value is -3.65. The van der Waals surface area contributed by atoms with Crippen molar-refractivity contribution in [2.24, 2.45) is 7.05 Å². The molecule has 0 bridgehead atoms. The molecule has 5 rings (SSSR count). The SMILES string of the molecule is Cn1c(SCc2ccc(F)cc2)nnc1-c1cnn(-c2ccccc2)c1-n1cccc1. The van der Waals surface area contributed by atoms with E-state index in [2.05, 4.69) is 15.3 Å². The Morgan fingerprint density at radius 3 is 2.39 bits per heavy atom. The Bertz CT molecular complexity index is 1290. The van der Waals surface area contributed by atoms with Gasteiger partial charge in [0.15, 0.2) is 16.8 Å². The molecular weight excluding hydrogens is 411 g/mol. The molecule has 0 fully saturated rings. The number of thioether (sulfide) groups is 1. The van der Waals surface area contributed by atoms with Crippen molar-refractivity contribution in [2.45, 2.75) is 10.9 Å². The van der Waals surface area contributed by atoms with Gasteiger partial charge in [0.1, 0.15) is 5.82 Å². The van der Waals surface area contributed by atoms with Gasteiger partial charge in [-0.3, -0.25) is 0 Å². The molecular formula is C23H19FN6S. The summed E-state index contributed by atoms with van der Waals surface area (Å²) in [4.78, 5) is 0. The first-order chi connectivity index (χ1) is 15.2. The molecule has 0 aliphatic heterocycles. The number of rotatable bonds is 6. The second kappa shape index (κ2) is 8.23. The molecule has 0 atom stereocenters. The van der Waals surface area contributed by atoms with Crippen molar-refractivity contribution in [3.05, 3.63) is 96.7 Å². The molecule has 0 amide bonds. The summed E-state index contributed by atoms with van der Waals surface area (Å²) in [6.07, 6.45) is 5.79. The fourth-order valence-corrected chi connectivity index (χ4v) is 4.25. The fourth-order valence-electron chi connectivity index (χ4n) is 3.39. The number of benzene rings is 2. The van der Waals surface area contributed by atoms with Crippen molar-refractivity contribution in [1.29, 1.82) is 0 Å². The maximum absolute atomic E-state index is 13.1. The summed E-state index contributed by atoms with van der Waals surface area (Å²) in [7, 11) is 1.95. The van der Waals surface area contributed by atoms with E-state index in [1.807, 2.05) is 81.9 Å². The van der Waals surface area contributed by atoms with Crippen LogP contribution in [0.1, 0.15) is 5.56 Å². The van der Waals surface area contributed by atoms with Crippen LogP contribution in [0.25, 0.3) is 22.9 Å².